The third-order valence-corrected chi connectivity index (χ3v) is 5.99. The summed E-state index contributed by atoms with van der Waals surface area (Å²) in [5.74, 6) is -0.00252. The highest BCUT2D eigenvalue weighted by atomic mass is 32.1. The summed E-state index contributed by atoms with van der Waals surface area (Å²) in [5.41, 5.74) is -0.0569. The minimum atomic E-state index is -0.761. The van der Waals surface area contributed by atoms with Crippen molar-refractivity contribution >= 4 is 22.2 Å². The summed E-state index contributed by atoms with van der Waals surface area (Å²) in [6.45, 7) is 3.33. The lowest BCUT2D eigenvalue weighted by atomic mass is 9.69. The van der Waals surface area contributed by atoms with Gasteiger partial charge in [0.25, 0.3) is 5.56 Å². The van der Waals surface area contributed by atoms with E-state index in [1.807, 2.05) is 10.3 Å². The molecule has 3 heterocycles. The molecular formula is C17H19N5O2S. The predicted octanol–water partition coefficient (Wildman–Crippen LogP) is 1.09. The fraction of sp³-hybridized carbons (Fsp3) is 0.529. The Hall–Kier alpha value is -2.24. The zero-order valence-corrected chi connectivity index (χ0v) is 14.7. The topological polar surface area (TPSA) is 81.7 Å². The number of fused-ring (bicyclic) bond motifs is 1. The summed E-state index contributed by atoms with van der Waals surface area (Å²) in [4.78, 5) is 33.9. The van der Waals surface area contributed by atoms with Gasteiger partial charge in [-0.05, 0) is 19.3 Å². The van der Waals surface area contributed by atoms with Crippen molar-refractivity contribution in [3.05, 3.63) is 33.7 Å². The molecule has 2 aliphatic rings. The minimum absolute atomic E-state index is 0.00252. The van der Waals surface area contributed by atoms with E-state index in [0.717, 1.165) is 25.2 Å². The summed E-state index contributed by atoms with van der Waals surface area (Å²) in [6, 6.07) is 3.81. The van der Waals surface area contributed by atoms with Crippen molar-refractivity contribution in [3.63, 3.8) is 0 Å². The van der Waals surface area contributed by atoms with Crippen LogP contribution >= 0.6 is 11.3 Å². The molecular weight excluding hydrogens is 338 g/mol. The van der Waals surface area contributed by atoms with Gasteiger partial charge in [0.2, 0.25) is 5.91 Å². The standard InChI is InChI=1S/C17H19N5O2S/c18-12-17(2-1-3-17)15(24)21-6-4-20(5-7-21)11-13-10-14(23)22-8-9-25-16(22)19-13/h8-10H,1-7,11H2. The molecule has 7 nitrogen and oxygen atoms in total. The van der Waals surface area contributed by atoms with Crippen LogP contribution in [-0.2, 0) is 11.3 Å². The number of piperazine rings is 1. The summed E-state index contributed by atoms with van der Waals surface area (Å²) < 4.78 is 1.55. The molecule has 0 spiro atoms. The van der Waals surface area contributed by atoms with E-state index in [1.54, 1.807) is 16.7 Å². The lowest BCUT2D eigenvalue weighted by Crippen LogP contribution is -2.54. The first-order chi connectivity index (χ1) is 12.1. The Kier molecular flexibility index (Phi) is 4.06. The number of thiazole rings is 1. The fourth-order valence-corrected chi connectivity index (χ4v) is 4.25. The van der Waals surface area contributed by atoms with Crippen molar-refractivity contribution in [2.45, 2.75) is 25.8 Å². The van der Waals surface area contributed by atoms with Crippen molar-refractivity contribution in [1.29, 1.82) is 5.26 Å². The van der Waals surface area contributed by atoms with E-state index in [9.17, 15) is 14.9 Å². The third-order valence-electron chi connectivity index (χ3n) is 5.23. The number of rotatable bonds is 3. The molecule has 4 rings (SSSR count). The van der Waals surface area contributed by atoms with E-state index in [1.165, 1.54) is 11.3 Å². The molecule has 1 saturated heterocycles. The number of amides is 1. The molecule has 8 heteroatoms. The molecule has 2 aromatic heterocycles. The van der Waals surface area contributed by atoms with Crippen molar-refractivity contribution in [2.75, 3.05) is 26.2 Å². The molecule has 1 saturated carbocycles. The SMILES string of the molecule is N#CC1(C(=O)N2CCN(Cc3cc(=O)n4ccsc4n3)CC2)CCC1. The van der Waals surface area contributed by atoms with Crippen LogP contribution in [0.1, 0.15) is 25.0 Å². The Morgan fingerprint density at radius 2 is 2.08 bits per heavy atom. The second kappa shape index (κ2) is 6.24. The maximum Gasteiger partial charge on any atom is 0.258 e. The monoisotopic (exact) mass is 357 g/mol. The lowest BCUT2D eigenvalue weighted by Gasteiger charge is -2.41. The largest absolute Gasteiger partial charge is 0.339 e. The molecule has 2 fully saturated rings. The number of nitrogens with zero attached hydrogens (tertiary/aromatic N) is 5. The second-order valence-corrected chi connectivity index (χ2v) is 7.63. The second-order valence-electron chi connectivity index (χ2n) is 6.76. The number of hydrogen-bond donors (Lipinski definition) is 0. The van der Waals surface area contributed by atoms with Crippen LogP contribution in [0.25, 0.3) is 4.96 Å². The average molecular weight is 357 g/mol. The minimum Gasteiger partial charge on any atom is -0.339 e. The van der Waals surface area contributed by atoms with E-state index in [4.69, 9.17) is 0 Å². The molecule has 0 atom stereocenters. The first-order valence-electron chi connectivity index (χ1n) is 8.50. The number of carbonyl (C=O) groups excluding carboxylic acids is 1. The summed E-state index contributed by atoms with van der Waals surface area (Å²) in [6.07, 6.45) is 4.08. The van der Waals surface area contributed by atoms with Crippen LogP contribution in [0.3, 0.4) is 0 Å². The molecule has 2 aromatic rings. The fourth-order valence-electron chi connectivity index (χ4n) is 3.51. The molecule has 25 heavy (non-hydrogen) atoms. The average Bonchev–Trinajstić information content (AvgIpc) is 3.04. The number of nitriles is 1. The van der Waals surface area contributed by atoms with Crippen LogP contribution < -0.4 is 5.56 Å². The van der Waals surface area contributed by atoms with Crippen LogP contribution in [0, 0.1) is 16.7 Å². The molecule has 0 N–H and O–H groups in total. The van der Waals surface area contributed by atoms with Crippen molar-refractivity contribution < 1.29 is 4.79 Å². The first kappa shape index (κ1) is 16.2. The molecule has 1 amide bonds. The summed E-state index contributed by atoms with van der Waals surface area (Å²) in [5, 5.41) is 11.2. The van der Waals surface area contributed by atoms with Gasteiger partial charge in [0, 0.05) is 50.4 Å². The van der Waals surface area contributed by atoms with Gasteiger partial charge < -0.3 is 4.90 Å². The van der Waals surface area contributed by atoms with Gasteiger partial charge in [0.05, 0.1) is 11.8 Å². The van der Waals surface area contributed by atoms with Gasteiger partial charge in [0.15, 0.2) is 4.96 Å². The Labute approximate surface area is 149 Å². The molecule has 1 aliphatic heterocycles. The van der Waals surface area contributed by atoms with Crippen LogP contribution in [0.2, 0.25) is 0 Å². The quantitative estimate of drug-likeness (QED) is 0.821. The van der Waals surface area contributed by atoms with E-state index in [-0.39, 0.29) is 11.5 Å². The number of hydrogen-bond acceptors (Lipinski definition) is 6. The zero-order chi connectivity index (χ0) is 17.4. The van der Waals surface area contributed by atoms with Crippen LogP contribution in [-0.4, -0.2) is 51.3 Å². The van der Waals surface area contributed by atoms with Crippen LogP contribution in [0.5, 0.6) is 0 Å². The van der Waals surface area contributed by atoms with Gasteiger partial charge in [-0.3, -0.25) is 18.9 Å². The molecule has 0 bridgehead atoms. The first-order valence-corrected chi connectivity index (χ1v) is 9.38. The Morgan fingerprint density at radius 3 is 2.72 bits per heavy atom. The lowest BCUT2D eigenvalue weighted by molar-refractivity contribution is -0.144. The van der Waals surface area contributed by atoms with Gasteiger partial charge in [0.1, 0.15) is 5.41 Å². The molecule has 130 valence electrons. The van der Waals surface area contributed by atoms with E-state index >= 15 is 0 Å². The maximum absolute atomic E-state index is 12.6. The van der Waals surface area contributed by atoms with Gasteiger partial charge in [-0.1, -0.05) is 0 Å². The molecule has 1 aliphatic carbocycles. The highest BCUT2D eigenvalue weighted by molar-refractivity contribution is 7.15. The Morgan fingerprint density at radius 1 is 1.32 bits per heavy atom. The highest BCUT2D eigenvalue weighted by Gasteiger charge is 2.47. The van der Waals surface area contributed by atoms with Crippen molar-refractivity contribution in [1.82, 2.24) is 19.2 Å². The van der Waals surface area contributed by atoms with E-state index < -0.39 is 5.41 Å². The smallest absolute Gasteiger partial charge is 0.258 e. The third kappa shape index (κ3) is 2.83. The number of carbonyl (C=O) groups is 1. The molecule has 0 unspecified atom stereocenters. The molecule has 0 radical (unpaired) electrons. The Bertz CT molecular complexity index is 900. The maximum atomic E-state index is 12.6. The van der Waals surface area contributed by atoms with Crippen LogP contribution in [0.4, 0.5) is 0 Å². The summed E-state index contributed by atoms with van der Waals surface area (Å²) in [7, 11) is 0. The number of aromatic nitrogens is 2. The van der Waals surface area contributed by atoms with Crippen molar-refractivity contribution in [3.8, 4) is 6.07 Å². The van der Waals surface area contributed by atoms with Gasteiger partial charge in [-0.25, -0.2) is 4.98 Å². The highest BCUT2D eigenvalue weighted by Crippen LogP contribution is 2.42. The van der Waals surface area contributed by atoms with Crippen molar-refractivity contribution in [2.24, 2.45) is 5.41 Å². The predicted molar refractivity (Wildman–Crippen MR) is 93.1 cm³/mol. The van der Waals surface area contributed by atoms with Gasteiger partial charge in [-0.15, -0.1) is 11.3 Å². The molecule has 0 aromatic carbocycles. The normalized spacial score (nSPS) is 20.2. The van der Waals surface area contributed by atoms with E-state index in [2.05, 4.69) is 16.0 Å². The Balaban J connectivity index is 1.39. The zero-order valence-electron chi connectivity index (χ0n) is 13.8. The summed E-state index contributed by atoms with van der Waals surface area (Å²) >= 11 is 1.45. The van der Waals surface area contributed by atoms with E-state index in [0.29, 0.717) is 37.4 Å². The van der Waals surface area contributed by atoms with Gasteiger partial charge >= 0.3 is 0 Å². The van der Waals surface area contributed by atoms with Gasteiger partial charge in [-0.2, -0.15) is 5.26 Å². The van der Waals surface area contributed by atoms with Crippen LogP contribution in [0.15, 0.2) is 22.4 Å².